The minimum absolute atomic E-state index is 0.465. The number of nitrogens with two attached hydrogens (primary N) is 1. The van der Waals surface area contributed by atoms with Crippen LogP contribution in [0.5, 0.6) is 0 Å². The van der Waals surface area contributed by atoms with E-state index in [4.69, 9.17) is 14.6 Å². The Hall–Kier alpha value is -5.36. The molecule has 0 saturated carbocycles. The van der Waals surface area contributed by atoms with Crippen LogP contribution in [-0.2, 0) is 6.42 Å². The molecule has 3 aromatic heterocycles. The van der Waals surface area contributed by atoms with Gasteiger partial charge in [0.25, 0.3) is 0 Å². The van der Waals surface area contributed by atoms with Crippen molar-refractivity contribution in [2.24, 2.45) is 5.73 Å². The van der Waals surface area contributed by atoms with Gasteiger partial charge in [0, 0.05) is 48.5 Å². The molecule has 3 heterocycles. The van der Waals surface area contributed by atoms with E-state index in [2.05, 4.69) is 103 Å². The number of hydrogen-bond donors (Lipinski definition) is 2. The van der Waals surface area contributed by atoms with E-state index in [9.17, 15) is 0 Å². The van der Waals surface area contributed by atoms with Crippen LogP contribution in [0.1, 0.15) is 27.7 Å². The minimum Gasteiger partial charge on any atom is -0.456 e. The van der Waals surface area contributed by atoms with E-state index in [-0.39, 0.29) is 0 Å². The fourth-order valence-corrected chi connectivity index (χ4v) is 8.19. The normalized spacial score (nSPS) is 12.6. The predicted molar refractivity (Wildman–Crippen MR) is 193 cm³/mol. The van der Waals surface area contributed by atoms with Gasteiger partial charge in [-0.25, -0.2) is 0 Å². The average Bonchev–Trinajstić information content (AvgIpc) is 3.76. The maximum absolute atomic E-state index is 7.12. The molecule has 9 aromatic rings. The van der Waals surface area contributed by atoms with Gasteiger partial charge in [0.05, 0.1) is 5.69 Å². The number of aryl methyl sites for hydroxylation is 1. The molecule has 0 aliphatic carbocycles. The molecule has 46 heavy (non-hydrogen) atoms. The quantitative estimate of drug-likeness (QED) is 0.183. The lowest BCUT2D eigenvalue weighted by atomic mass is 9.97. The van der Waals surface area contributed by atoms with Gasteiger partial charge in [-0.05, 0) is 65.6 Å². The van der Waals surface area contributed by atoms with Crippen LogP contribution in [0.3, 0.4) is 0 Å². The summed E-state index contributed by atoms with van der Waals surface area (Å²) in [6.45, 7) is 2.15. The van der Waals surface area contributed by atoms with Crippen LogP contribution in [-0.4, -0.2) is 0 Å². The van der Waals surface area contributed by atoms with Crippen molar-refractivity contribution >= 4 is 71.0 Å². The summed E-state index contributed by atoms with van der Waals surface area (Å²) in [5, 5.41) is 9.43. The van der Waals surface area contributed by atoms with E-state index in [0.717, 1.165) is 61.7 Å². The van der Waals surface area contributed by atoms with Crippen molar-refractivity contribution in [1.82, 2.24) is 0 Å². The lowest BCUT2D eigenvalue weighted by Crippen LogP contribution is -2.20. The number of hydrogen-bond acceptors (Lipinski definition) is 5. The van der Waals surface area contributed by atoms with Crippen molar-refractivity contribution in [2.45, 2.75) is 19.5 Å². The molecule has 3 N–H and O–H groups in total. The Labute approximate surface area is 269 Å². The Morgan fingerprint density at radius 1 is 0.652 bits per heavy atom. The van der Waals surface area contributed by atoms with Crippen LogP contribution < -0.4 is 11.1 Å². The summed E-state index contributed by atoms with van der Waals surface area (Å²) < 4.78 is 13.7. The first-order valence-corrected chi connectivity index (χ1v) is 16.4. The highest BCUT2D eigenvalue weighted by molar-refractivity contribution is 7.20. The third-order valence-corrected chi connectivity index (χ3v) is 10.2. The van der Waals surface area contributed by atoms with Gasteiger partial charge in [-0.15, -0.1) is 11.3 Å². The summed E-state index contributed by atoms with van der Waals surface area (Å²) >= 11 is 1.83. The van der Waals surface area contributed by atoms with Crippen molar-refractivity contribution in [3.8, 4) is 11.1 Å². The lowest BCUT2D eigenvalue weighted by molar-refractivity contribution is 0.668. The number of fused-ring (bicyclic) bond motifs is 7. The second kappa shape index (κ2) is 10.6. The first-order chi connectivity index (χ1) is 22.6. The minimum atomic E-state index is -0.465. The van der Waals surface area contributed by atoms with Gasteiger partial charge in [0.15, 0.2) is 0 Å². The highest BCUT2D eigenvalue weighted by Crippen LogP contribution is 2.45. The first-order valence-electron chi connectivity index (χ1n) is 15.6. The molecule has 0 saturated heterocycles. The highest BCUT2D eigenvalue weighted by Gasteiger charge is 2.22. The smallest absolute Gasteiger partial charge is 0.135 e. The molecule has 6 aromatic carbocycles. The van der Waals surface area contributed by atoms with Crippen molar-refractivity contribution in [1.29, 1.82) is 0 Å². The maximum atomic E-state index is 7.12. The highest BCUT2D eigenvalue weighted by atomic mass is 32.1. The number of anilines is 1. The molecule has 0 radical (unpaired) electrons. The van der Waals surface area contributed by atoms with Crippen LogP contribution in [0.2, 0.25) is 0 Å². The van der Waals surface area contributed by atoms with E-state index in [1.165, 1.54) is 37.0 Å². The number of benzene rings is 6. The average molecular weight is 615 g/mol. The first kappa shape index (κ1) is 27.0. The molecule has 5 heteroatoms. The fraction of sp³-hybridized carbons (Fsp3) is 0.0732. The van der Waals surface area contributed by atoms with Crippen molar-refractivity contribution in [3.05, 3.63) is 149 Å². The Bertz CT molecular complexity index is 2570. The van der Waals surface area contributed by atoms with Crippen LogP contribution in [0.15, 0.2) is 136 Å². The third-order valence-electron chi connectivity index (χ3n) is 9.08. The van der Waals surface area contributed by atoms with Crippen LogP contribution in [0.4, 0.5) is 5.69 Å². The van der Waals surface area contributed by atoms with Gasteiger partial charge < -0.3 is 19.9 Å². The van der Waals surface area contributed by atoms with E-state index in [1.807, 2.05) is 47.7 Å². The molecule has 0 bridgehead atoms. The Morgan fingerprint density at radius 3 is 2.24 bits per heavy atom. The zero-order chi connectivity index (χ0) is 30.8. The number of furan rings is 2. The zero-order valence-corrected chi connectivity index (χ0v) is 26.0. The molecular formula is C41H30N2O2S. The maximum Gasteiger partial charge on any atom is 0.135 e. The summed E-state index contributed by atoms with van der Waals surface area (Å²) in [5.41, 5.74) is 17.5. The lowest BCUT2D eigenvalue weighted by Gasteiger charge is -2.19. The van der Waals surface area contributed by atoms with E-state index >= 15 is 0 Å². The molecule has 9 rings (SSSR count). The molecular weight excluding hydrogens is 585 g/mol. The van der Waals surface area contributed by atoms with Crippen LogP contribution in [0, 0.1) is 6.92 Å². The molecule has 0 fully saturated rings. The molecule has 222 valence electrons. The largest absolute Gasteiger partial charge is 0.456 e. The molecule has 1 atom stereocenters. The summed E-state index contributed by atoms with van der Waals surface area (Å²) in [6, 6.07) is 44.3. The van der Waals surface area contributed by atoms with Crippen LogP contribution >= 0.6 is 11.3 Å². The Kier molecular flexibility index (Phi) is 6.23. The zero-order valence-electron chi connectivity index (χ0n) is 25.2. The topological polar surface area (TPSA) is 64.3 Å². The van der Waals surface area contributed by atoms with Crippen molar-refractivity contribution in [2.75, 3.05) is 5.32 Å². The number of nitrogens with one attached hydrogen (secondary N) is 1. The summed E-state index contributed by atoms with van der Waals surface area (Å²) in [4.78, 5) is 1.25. The standard InChI is InChI=1S/C41H30N2O2S/c1-24-10-7-17-33-37(24)30-23-26(20-21-32(30)45-33)27-14-9-19-35-39(27)40(36(46-35)22-25-11-3-2-4-12-25)43-41(42)29-15-8-18-34-38(29)28-13-5-6-16-31(28)44-34/h2-21,23,41,43H,22,42H2,1H3. The number of rotatable bonds is 6. The third kappa shape index (κ3) is 4.31. The number of para-hydroxylation sites is 1. The van der Waals surface area contributed by atoms with Gasteiger partial charge in [-0.1, -0.05) is 91.0 Å². The predicted octanol–water partition coefficient (Wildman–Crippen LogP) is 11.3. The molecule has 0 spiro atoms. The van der Waals surface area contributed by atoms with E-state index in [0.29, 0.717) is 0 Å². The van der Waals surface area contributed by atoms with Gasteiger partial charge in [-0.3, -0.25) is 0 Å². The SMILES string of the molecule is Cc1cccc2oc3ccc(-c4cccc5sc(Cc6ccccc6)c(NC(N)c6cccc7oc8ccccc8c67)c45)cc3c12. The van der Waals surface area contributed by atoms with Crippen molar-refractivity contribution < 1.29 is 8.83 Å². The van der Waals surface area contributed by atoms with Gasteiger partial charge in [-0.2, -0.15) is 0 Å². The number of thiophene rings is 1. The van der Waals surface area contributed by atoms with Crippen LogP contribution in [0.25, 0.3) is 65.1 Å². The molecule has 0 aliphatic rings. The summed E-state index contributed by atoms with van der Waals surface area (Å²) in [7, 11) is 0. The monoisotopic (exact) mass is 614 g/mol. The van der Waals surface area contributed by atoms with Gasteiger partial charge in [0.1, 0.15) is 28.5 Å². The Morgan fingerprint density at radius 2 is 1.37 bits per heavy atom. The van der Waals surface area contributed by atoms with E-state index < -0.39 is 6.17 Å². The second-order valence-corrected chi connectivity index (χ2v) is 13.1. The van der Waals surface area contributed by atoms with Crippen molar-refractivity contribution in [3.63, 3.8) is 0 Å². The molecule has 0 amide bonds. The molecule has 0 aliphatic heterocycles. The summed E-state index contributed by atoms with van der Waals surface area (Å²) in [6.07, 6.45) is 0.339. The van der Waals surface area contributed by atoms with E-state index in [1.54, 1.807) is 0 Å². The van der Waals surface area contributed by atoms with Gasteiger partial charge in [0.2, 0.25) is 0 Å². The molecule has 1 unspecified atom stereocenters. The van der Waals surface area contributed by atoms with Gasteiger partial charge >= 0.3 is 0 Å². The fourth-order valence-electron chi connectivity index (χ4n) is 6.96. The molecule has 4 nitrogen and oxygen atoms in total. The summed E-state index contributed by atoms with van der Waals surface area (Å²) in [5.74, 6) is 0. The Balaban J connectivity index is 1.24. The second-order valence-electron chi connectivity index (χ2n) is 11.9.